The zero-order chi connectivity index (χ0) is 20.8. The predicted molar refractivity (Wildman–Crippen MR) is 106 cm³/mol. The number of hydrogen-bond acceptors (Lipinski definition) is 4. The van der Waals surface area contributed by atoms with E-state index < -0.39 is 5.82 Å². The number of nitrogens with zero attached hydrogens (tertiary/aromatic N) is 1. The zero-order valence-corrected chi connectivity index (χ0v) is 16.9. The molecule has 156 valence electrons. The van der Waals surface area contributed by atoms with Gasteiger partial charge in [-0.15, -0.1) is 0 Å². The Kier molecular flexibility index (Phi) is 6.90. The van der Waals surface area contributed by atoms with Gasteiger partial charge in [-0.1, -0.05) is 0 Å². The Morgan fingerprint density at radius 3 is 2.83 bits per heavy atom. The van der Waals surface area contributed by atoms with E-state index in [1.54, 1.807) is 11.0 Å². The molecule has 3 rings (SSSR count). The quantitative estimate of drug-likeness (QED) is 0.767. The van der Waals surface area contributed by atoms with Crippen LogP contribution in [0.25, 0.3) is 0 Å². The second kappa shape index (κ2) is 9.58. The van der Waals surface area contributed by atoms with E-state index in [9.17, 15) is 14.0 Å². The number of methoxy groups -OCH3 is 1. The third-order valence-corrected chi connectivity index (χ3v) is 5.24. The standard InChI is InChI=1S/C22H27FN2O4/c1-15-5-8-18(29-15)13-24-21(26)10-6-16-4-3-11-25(14-16)22(27)17-7-9-20(28-2)19(23)12-17/h5,7-9,12,16H,3-4,6,10-11,13-14H2,1-2H3,(H,24,26). The van der Waals surface area contributed by atoms with E-state index >= 15 is 0 Å². The Morgan fingerprint density at radius 2 is 2.14 bits per heavy atom. The monoisotopic (exact) mass is 402 g/mol. The normalized spacial score (nSPS) is 16.5. The molecule has 2 aromatic rings. The van der Waals surface area contributed by atoms with Gasteiger partial charge in [-0.25, -0.2) is 4.39 Å². The van der Waals surface area contributed by atoms with Crippen molar-refractivity contribution in [2.45, 2.75) is 39.2 Å². The van der Waals surface area contributed by atoms with Gasteiger partial charge in [0.1, 0.15) is 11.5 Å². The number of hydrogen-bond donors (Lipinski definition) is 1. The predicted octanol–water partition coefficient (Wildman–Crippen LogP) is 3.68. The minimum Gasteiger partial charge on any atom is -0.494 e. The van der Waals surface area contributed by atoms with Crippen molar-refractivity contribution in [2.75, 3.05) is 20.2 Å². The van der Waals surface area contributed by atoms with Crippen molar-refractivity contribution in [1.82, 2.24) is 10.2 Å². The summed E-state index contributed by atoms with van der Waals surface area (Å²) in [5.41, 5.74) is 0.315. The number of halogens is 1. The molecule has 1 unspecified atom stereocenters. The highest BCUT2D eigenvalue weighted by Crippen LogP contribution is 2.24. The molecular formula is C22H27FN2O4. The van der Waals surface area contributed by atoms with Crippen LogP contribution in [-0.4, -0.2) is 36.9 Å². The van der Waals surface area contributed by atoms with Crippen LogP contribution in [0.2, 0.25) is 0 Å². The highest BCUT2D eigenvalue weighted by Gasteiger charge is 2.25. The van der Waals surface area contributed by atoms with Crippen molar-refractivity contribution in [2.24, 2.45) is 5.92 Å². The van der Waals surface area contributed by atoms with Crippen LogP contribution in [0.5, 0.6) is 5.75 Å². The fourth-order valence-corrected chi connectivity index (χ4v) is 3.66. The van der Waals surface area contributed by atoms with Gasteiger partial charge < -0.3 is 19.4 Å². The molecule has 0 saturated carbocycles. The average molecular weight is 402 g/mol. The smallest absolute Gasteiger partial charge is 0.253 e. The second-order valence-electron chi connectivity index (χ2n) is 7.44. The average Bonchev–Trinajstić information content (AvgIpc) is 3.15. The van der Waals surface area contributed by atoms with E-state index in [-0.39, 0.29) is 23.5 Å². The van der Waals surface area contributed by atoms with Crippen molar-refractivity contribution in [3.63, 3.8) is 0 Å². The van der Waals surface area contributed by atoms with Gasteiger partial charge >= 0.3 is 0 Å². The molecule has 0 radical (unpaired) electrons. The van der Waals surface area contributed by atoms with E-state index in [0.717, 1.165) is 24.4 Å². The summed E-state index contributed by atoms with van der Waals surface area (Å²) in [7, 11) is 1.39. The third kappa shape index (κ3) is 5.59. The first-order chi connectivity index (χ1) is 14.0. The van der Waals surface area contributed by atoms with Crippen LogP contribution in [0, 0.1) is 18.7 Å². The molecule has 1 saturated heterocycles. The fraction of sp³-hybridized carbons (Fsp3) is 0.455. The summed E-state index contributed by atoms with van der Waals surface area (Å²) in [6.45, 7) is 3.47. The molecule has 0 aliphatic carbocycles. The van der Waals surface area contributed by atoms with E-state index in [4.69, 9.17) is 9.15 Å². The Hall–Kier alpha value is -2.83. The highest BCUT2D eigenvalue weighted by molar-refractivity contribution is 5.94. The molecule has 1 atom stereocenters. The van der Waals surface area contributed by atoms with E-state index in [1.807, 2.05) is 19.1 Å². The summed E-state index contributed by atoms with van der Waals surface area (Å²) >= 11 is 0. The van der Waals surface area contributed by atoms with Gasteiger partial charge in [-0.3, -0.25) is 9.59 Å². The van der Waals surface area contributed by atoms with Gasteiger partial charge in [-0.2, -0.15) is 0 Å². The highest BCUT2D eigenvalue weighted by atomic mass is 19.1. The number of amides is 2. The van der Waals surface area contributed by atoms with Crippen molar-refractivity contribution in [3.05, 3.63) is 53.2 Å². The Bertz CT molecular complexity index is 864. The Morgan fingerprint density at radius 1 is 1.31 bits per heavy atom. The number of furan rings is 1. The fourth-order valence-electron chi connectivity index (χ4n) is 3.66. The van der Waals surface area contributed by atoms with Gasteiger partial charge in [0.2, 0.25) is 5.91 Å². The molecule has 2 heterocycles. The second-order valence-corrected chi connectivity index (χ2v) is 7.44. The Labute approximate surface area is 170 Å². The lowest BCUT2D eigenvalue weighted by atomic mass is 9.92. The number of piperidine rings is 1. The van der Waals surface area contributed by atoms with Gasteiger partial charge in [0.05, 0.1) is 13.7 Å². The van der Waals surface area contributed by atoms with Crippen molar-refractivity contribution in [1.29, 1.82) is 0 Å². The zero-order valence-electron chi connectivity index (χ0n) is 16.9. The van der Waals surface area contributed by atoms with Gasteiger partial charge in [0, 0.05) is 25.1 Å². The van der Waals surface area contributed by atoms with Crippen LogP contribution in [0.15, 0.2) is 34.7 Å². The largest absolute Gasteiger partial charge is 0.494 e. The minimum absolute atomic E-state index is 0.0280. The van der Waals surface area contributed by atoms with Gasteiger partial charge in [0.15, 0.2) is 11.6 Å². The van der Waals surface area contributed by atoms with E-state index in [0.29, 0.717) is 38.0 Å². The summed E-state index contributed by atoms with van der Waals surface area (Å²) < 4.78 is 24.3. The van der Waals surface area contributed by atoms with Crippen LogP contribution in [0.4, 0.5) is 4.39 Å². The van der Waals surface area contributed by atoms with E-state index in [1.165, 1.54) is 19.2 Å². The van der Waals surface area contributed by atoms with Crippen LogP contribution < -0.4 is 10.1 Å². The maximum absolute atomic E-state index is 13.9. The lowest BCUT2D eigenvalue weighted by molar-refractivity contribution is -0.121. The molecule has 7 heteroatoms. The number of carbonyl (C=O) groups excluding carboxylic acids is 2. The summed E-state index contributed by atoms with van der Waals surface area (Å²) in [4.78, 5) is 26.6. The summed E-state index contributed by atoms with van der Waals surface area (Å²) in [6.07, 6.45) is 2.97. The molecule has 1 aromatic carbocycles. The summed E-state index contributed by atoms with van der Waals surface area (Å²) in [5.74, 6) is 1.17. The molecule has 0 spiro atoms. The van der Waals surface area contributed by atoms with Gasteiger partial charge in [0.25, 0.3) is 5.91 Å². The number of rotatable bonds is 7. The number of ether oxygens (including phenoxy) is 1. The molecule has 1 aliphatic heterocycles. The summed E-state index contributed by atoms with van der Waals surface area (Å²) in [5, 5.41) is 2.86. The van der Waals surface area contributed by atoms with Crippen LogP contribution in [0.1, 0.15) is 47.6 Å². The Balaban J connectivity index is 1.47. The SMILES string of the molecule is COc1ccc(C(=O)N2CCCC(CCC(=O)NCc3ccc(C)o3)C2)cc1F. The number of likely N-dealkylation sites (tertiary alicyclic amines) is 1. The first-order valence-corrected chi connectivity index (χ1v) is 9.91. The van der Waals surface area contributed by atoms with Crippen LogP contribution >= 0.6 is 0 Å². The number of nitrogens with one attached hydrogen (secondary N) is 1. The van der Waals surface area contributed by atoms with Crippen molar-refractivity contribution < 1.29 is 23.1 Å². The van der Waals surface area contributed by atoms with Gasteiger partial charge in [-0.05, 0) is 62.4 Å². The lowest BCUT2D eigenvalue weighted by Gasteiger charge is -2.33. The molecule has 1 N–H and O–H groups in total. The molecule has 1 aliphatic rings. The number of carbonyl (C=O) groups is 2. The molecule has 1 aromatic heterocycles. The third-order valence-electron chi connectivity index (χ3n) is 5.24. The maximum atomic E-state index is 13.9. The summed E-state index contributed by atoms with van der Waals surface area (Å²) in [6, 6.07) is 7.98. The minimum atomic E-state index is -0.546. The molecule has 1 fully saturated rings. The first kappa shape index (κ1) is 20.9. The number of aryl methyl sites for hydroxylation is 1. The van der Waals surface area contributed by atoms with Crippen molar-refractivity contribution >= 4 is 11.8 Å². The van der Waals surface area contributed by atoms with Crippen LogP contribution in [0.3, 0.4) is 0 Å². The molecular weight excluding hydrogens is 375 g/mol. The van der Waals surface area contributed by atoms with Crippen molar-refractivity contribution in [3.8, 4) is 5.75 Å². The first-order valence-electron chi connectivity index (χ1n) is 9.91. The molecule has 0 bridgehead atoms. The molecule has 29 heavy (non-hydrogen) atoms. The molecule has 6 nitrogen and oxygen atoms in total. The maximum Gasteiger partial charge on any atom is 0.253 e. The van der Waals surface area contributed by atoms with E-state index in [2.05, 4.69) is 5.32 Å². The molecule has 2 amide bonds. The number of benzene rings is 1. The lowest BCUT2D eigenvalue weighted by Crippen LogP contribution is -2.40. The topological polar surface area (TPSA) is 71.8 Å². The van der Waals surface area contributed by atoms with Crippen LogP contribution in [-0.2, 0) is 11.3 Å².